The summed E-state index contributed by atoms with van der Waals surface area (Å²) in [6.07, 6.45) is 1.54. The first-order valence-corrected chi connectivity index (χ1v) is 5.93. The fourth-order valence-electron chi connectivity index (χ4n) is 1.89. The monoisotopic (exact) mass is 257 g/mol. The zero-order valence-corrected chi connectivity index (χ0v) is 11.1. The minimum Gasteiger partial charge on any atom is -0.477 e. The van der Waals surface area contributed by atoms with Crippen molar-refractivity contribution in [2.24, 2.45) is 0 Å². The third kappa shape index (κ3) is 2.73. The predicted molar refractivity (Wildman–Crippen MR) is 71.9 cm³/mol. The minimum absolute atomic E-state index is 0.0995. The first-order chi connectivity index (χ1) is 8.99. The van der Waals surface area contributed by atoms with E-state index in [2.05, 4.69) is 4.98 Å². The topological polar surface area (TPSA) is 59.4 Å². The number of carbonyl (C=O) groups is 1. The molecule has 0 aliphatic carbocycles. The van der Waals surface area contributed by atoms with Crippen LogP contribution in [0.25, 0.3) is 0 Å². The first-order valence-electron chi connectivity index (χ1n) is 5.93. The molecule has 0 radical (unpaired) electrons. The molecule has 0 fully saturated rings. The third-order valence-electron chi connectivity index (χ3n) is 2.88. The highest BCUT2D eigenvalue weighted by Crippen LogP contribution is 2.28. The number of carboxylic acids is 1. The predicted octanol–water partition coefficient (Wildman–Crippen LogP) is 3.50. The van der Waals surface area contributed by atoms with Crippen LogP contribution in [0.1, 0.15) is 27.0 Å². The van der Waals surface area contributed by atoms with Gasteiger partial charge in [-0.15, -0.1) is 0 Å². The number of rotatable bonds is 3. The number of hydrogen-bond acceptors (Lipinski definition) is 3. The fraction of sp³-hybridized carbons (Fsp3) is 0.200. The number of carboxylic acid groups (broad SMARTS) is 1. The van der Waals surface area contributed by atoms with Crippen LogP contribution in [0.3, 0.4) is 0 Å². The highest BCUT2D eigenvalue weighted by molar-refractivity contribution is 5.91. The van der Waals surface area contributed by atoms with E-state index in [0.29, 0.717) is 11.3 Å². The van der Waals surface area contributed by atoms with Gasteiger partial charge >= 0.3 is 5.97 Å². The Hall–Kier alpha value is -2.36. The molecule has 2 rings (SSSR count). The molecule has 1 heterocycles. The molecular formula is C15H15NO3. The largest absolute Gasteiger partial charge is 0.477 e. The van der Waals surface area contributed by atoms with Crippen LogP contribution in [0.5, 0.6) is 11.6 Å². The van der Waals surface area contributed by atoms with E-state index in [1.807, 2.05) is 32.0 Å². The lowest BCUT2D eigenvalue weighted by Crippen LogP contribution is -2.05. The molecular weight excluding hydrogens is 242 g/mol. The van der Waals surface area contributed by atoms with Gasteiger partial charge in [-0.25, -0.2) is 9.78 Å². The molecule has 0 saturated heterocycles. The van der Waals surface area contributed by atoms with Crippen molar-refractivity contribution in [1.82, 2.24) is 4.98 Å². The molecule has 0 atom stereocenters. The van der Waals surface area contributed by atoms with Crippen molar-refractivity contribution in [2.75, 3.05) is 0 Å². The number of benzene rings is 1. The molecule has 2 aromatic rings. The van der Waals surface area contributed by atoms with Gasteiger partial charge in [0.05, 0.1) is 0 Å². The van der Waals surface area contributed by atoms with Gasteiger partial charge < -0.3 is 9.84 Å². The summed E-state index contributed by atoms with van der Waals surface area (Å²) in [5.74, 6) is -0.295. The van der Waals surface area contributed by atoms with Crippen molar-refractivity contribution in [1.29, 1.82) is 0 Å². The van der Waals surface area contributed by atoms with Gasteiger partial charge in [0.2, 0.25) is 5.88 Å². The smallest absolute Gasteiger partial charge is 0.341 e. The number of ether oxygens (including phenoxy) is 1. The molecule has 1 N–H and O–H groups in total. The molecule has 4 nitrogen and oxygen atoms in total. The van der Waals surface area contributed by atoms with Crippen LogP contribution in [0.4, 0.5) is 0 Å². The number of aryl methyl sites for hydroxylation is 3. The summed E-state index contributed by atoms with van der Waals surface area (Å²) in [7, 11) is 0. The summed E-state index contributed by atoms with van der Waals surface area (Å²) in [5, 5.41) is 9.22. The van der Waals surface area contributed by atoms with E-state index in [1.165, 1.54) is 0 Å². The lowest BCUT2D eigenvalue weighted by atomic mass is 10.1. The van der Waals surface area contributed by atoms with E-state index in [1.54, 1.807) is 19.2 Å². The van der Waals surface area contributed by atoms with Gasteiger partial charge in [-0.1, -0.05) is 17.7 Å². The molecule has 0 spiro atoms. The molecule has 0 aliphatic heterocycles. The fourth-order valence-corrected chi connectivity index (χ4v) is 1.89. The maximum atomic E-state index is 11.3. The van der Waals surface area contributed by atoms with Gasteiger partial charge in [-0.2, -0.15) is 0 Å². The highest BCUT2D eigenvalue weighted by atomic mass is 16.5. The molecule has 0 unspecified atom stereocenters. The van der Waals surface area contributed by atoms with E-state index < -0.39 is 5.97 Å². The van der Waals surface area contributed by atoms with Crippen molar-refractivity contribution < 1.29 is 14.6 Å². The Labute approximate surface area is 111 Å². The third-order valence-corrected chi connectivity index (χ3v) is 2.88. The Morgan fingerprint density at radius 1 is 1.16 bits per heavy atom. The highest BCUT2D eigenvalue weighted by Gasteiger charge is 2.16. The van der Waals surface area contributed by atoms with E-state index in [-0.39, 0.29) is 11.4 Å². The number of hydrogen-bond donors (Lipinski definition) is 1. The molecule has 4 heteroatoms. The number of nitrogens with zero attached hydrogens (tertiary/aromatic N) is 1. The zero-order valence-electron chi connectivity index (χ0n) is 11.1. The van der Waals surface area contributed by atoms with Crippen LogP contribution in [0, 0.1) is 20.8 Å². The van der Waals surface area contributed by atoms with Gasteiger partial charge in [0.25, 0.3) is 0 Å². The molecule has 1 aromatic carbocycles. The van der Waals surface area contributed by atoms with E-state index in [9.17, 15) is 9.90 Å². The first kappa shape index (κ1) is 13.1. The Morgan fingerprint density at radius 3 is 2.53 bits per heavy atom. The van der Waals surface area contributed by atoms with Crippen molar-refractivity contribution in [2.45, 2.75) is 20.8 Å². The van der Waals surface area contributed by atoms with Gasteiger partial charge in [0, 0.05) is 6.20 Å². The van der Waals surface area contributed by atoms with Gasteiger partial charge in [0.1, 0.15) is 11.3 Å². The molecule has 0 aliphatic rings. The lowest BCUT2D eigenvalue weighted by Gasteiger charge is -2.11. The molecule has 0 amide bonds. The summed E-state index contributed by atoms with van der Waals surface area (Å²) >= 11 is 0. The van der Waals surface area contributed by atoms with Crippen LogP contribution in [0.15, 0.2) is 30.5 Å². The second kappa shape index (κ2) is 5.10. The maximum absolute atomic E-state index is 11.3. The van der Waals surface area contributed by atoms with E-state index in [0.717, 1.165) is 11.1 Å². The summed E-state index contributed by atoms with van der Waals surface area (Å²) in [4.78, 5) is 15.3. The SMILES string of the molecule is Cc1ccc(Oc2nccc(C)c2C(=O)O)c(C)c1. The zero-order chi connectivity index (χ0) is 14.0. The standard InChI is InChI=1S/C15H15NO3/c1-9-4-5-12(11(3)8-9)19-14-13(15(17)18)10(2)6-7-16-14/h4-8H,1-3H3,(H,17,18). The van der Waals surface area contributed by atoms with Gasteiger partial charge in [-0.05, 0) is 44.0 Å². The quantitative estimate of drug-likeness (QED) is 0.914. The number of aromatic nitrogens is 1. The second-order valence-electron chi connectivity index (χ2n) is 4.48. The van der Waals surface area contributed by atoms with Gasteiger partial charge in [-0.3, -0.25) is 0 Å². The Bertz CT molecular complexity index is 635. The average molecular weight is 257 g/mol. The maximum Gasteiger partial charge on any atom is 0.341 e. The summed E-state index contributed by atoms with van der Waals surface area (Å²) in [6.45, 7) is 5.63. The molecule has 0 saturated carbocycles. The summed E-state index contributed by atoms with van der Waals surface area (Å²) in [6, 6.07) is 7.36. The summed E-state index contributed by atoms with van der Waals surface area (Å²) < 4.78 is 5.65. The van der Waals surface area contributed by atoms with Crippen molar-refractivity contribution >= 4 is 5.97 Å². The van der Waals surface area contributed by atoms with Crippen molar-refractivity contribution in [3.63, 3.8) is 0 Å². The normalized spacial score (nSPS) is 10.3. The molecule has 98 valence electrons. The van der Waals surface area contributed by atoms with Crippen LogP contribution < -0.4 is 4.74 Å². The Kier molecular flexibility index (Phi) is 3.51. The lowest BCUT2D eigenvalue weighted by molar-refractivity contribution is 0.0692. The molecule has 19 heavy (non-hydrogen) atoms. The second-order valence-corrected chi connectivity index (χ2v) is 4.48. The van der Waals surface area contributed by atoms with Gasteiger partial charge in [0.15, 0.2) is 0 Å². The van der Waals surface area contributed by atoms with Crippen LogP contribution >= 0.6 is 0 Å². The van der Waals surface area contributed by atoms with E-state index >= 15 is 0 Å². The molecule has 0 bridgehead atoms. The Balaban J connectivity index is 2.44. The van der Waals surface area contributed by atoms with E-state index in [4.69, 9.17) is 4.74 Å². The molecule has 1 aromatic heterocycles. The number of pyridine rings is 1. The minimum atomic E-state index is -1.04. The average Bonchev–Trinajstić information content (AvgIpc) is 2.32. The van der Waals surface area contributed by atoms with Crippen LogP contribution in [-0.2, 0) is 0 Å². The van der Waals surface area contributed by atoms with Crippen molar-refractivity contribution in [3.05, 3.63) is 52.7 Å². The number of aromatic carboxylic acids is 1. The Morgan fingerprint density at radius 2 is 1.89 bits per heavy atom. The van der Waals surface area contributed by atoms with Crippen molar-refractivity contribution in [3.8, 4) is 11.6 Å². The van der Waals surface area contributed by atoms with Crippen LogP contribution in [-0.4, -0.2) is 16.1 Å². The summed E-state index contributed by atoms with van der Waals surface area (Å²) in [5.41, 5.74) is 2.80. The van der Waals surface area contributed by atoms with Crippen LogP contribution in [0.2, 0.25) is 0 Å².